The van der Waals surface area contributed by atoms with Gasteiger partial charge in [0.05, 0.1) is 5.52 Å². The first-order valence-electron chi connectivity index (χ1n) is 9.87. The Hall–Kier alpha value is -2.35. The lowest BCUT2D eigenvalue weighted by atomic mass is 9.93. The molecular weight excluding hydrogens is 318 g/mol. The van der Waals surface area contributed by atoms with Crippen molar-refractivity contribution in [1.29, 1.82) is 0 Å². The third-order valence-electron chi connectivity index (χ3n) is 5.28. The molecule has 0 unspecified atom stereocenters. The molecule has 0 fully saturated rings. The second-order valence-electron chi connectivity index (χ2n) is 7.13. The third-order valence-corrected chi connectivity index (χ3v) is 5.28. The molecule has 0 atom stereocenters. The molecule has 0 amide bonds. The molecule has 0 saturated heterocycles. The van der Waals surface area contributed by atoms with E-state index in [4.69, 9.17) is 0 Å². The summed E-state index contributed by atoms with van der Waals surface area (Å²) in [6.45, 7) is 4.40. The molecule has 1 heterocycles. The van der Waals surface area contributed by atoms with E-state index in [0.29, 0.717) is 0 Å². The van der Waals surface area contributed by atoms with Crippen LogP contribution >= 0.6 is 0 Å². The van der Waals surface area contributed by atoms with Gasteiger partial charge in [-0.1, -0.05) is 63.1 Å². The summed E-state index contributed by atoms with van der Waals surface area (Å²) in [5.41, 5.74) is 5.97. The molecule has 0 radical (unpaired) electrons. The van der Waals surface area contributed by atoms with Gasteiger partial charge < -0.3 is 4.57 Å². The first kappa shape index (κ1) is 18.4. The lowest BCUT2D eigenvalue weighted by molar-refractivity contribution is 0.740. The number of hydrogen-bond donors (Lipinski definition) is 0. The van der Waals surface area contributed by atoms with Gasteiger partial charge in [-0.2, -0.15) is 0 Å². The van der Waals surface area contributed by atoms with Crippen LogP contribution in [0.3, 0.4) is 0 Å². The number of fused-ring (bicyclic) bond motifs is 1. The highest BCUT2D eigenvalue weighted by atomic mass is 16.1. The smallest absolute Gasteiger partial charge is 0.254 e. The fourth-order valence-electron chi connectivity index (χ4n) is 3.73. The van der Waals surface area contributed by atoms with Crippen LogP contribution in [0.15, 0.2) is 53.3 Å². The van der Waals surface area contributed by atoms with Gasteiger partial charge in [-0.25, -0.2) is 0 Å². The van der Waals surface area contributed by atoms with Gasteiger partial charge in [0.25, 0.3) is 5.56 Å². The van der Waals surface area contributed by atoms with Gasteiger partial charge in [-0.15, -0.1) is 0 Å². The molecule has 0 aliphatic rings. The largest absolute Gasteiger partial charge is 0.311 e. The Balaban J connectivity index is 2.25. The first-order chi connectivity index (χ1) is 12.7. The topological polar surface area (TPSA) is 22.0 Å². The summed E-state index contributed by atoms with van der Waals surface area (Å²) in [5.74, 6) is 0. The molecule has 1 aromatic heterocycles. The van der Waals surface area contributed by atoms with Crippen LogP contribution in [0.2, 0.25) is 0 Å². The van der Waals surface area contributed by atoms with Crippen molar-refractivity contribution in [3.8, 4) is 11.1 Å². The molecule has 2 aromatic carbocycles. The van der Waals surface area contributed by atoms with E-state index in [-0.39, 0.29) is 5.56 Å². The van der Waals surface area contributed by atoms with Crippen LogP contribution in [-0.2, 0) is 19.9 Å². The lowest BCUT2D eigenvalue weighted by Crippen LogP contribution is -2.24. The third kappa shape index (κ3) is 3.60. The van der Waals surface area contributed by atoms with Crippen molar-refractivity contribution in [2.24, 2.45) is 7.05 Å². The Kier molecular flexibility index (Phi) is 5.92. The van der Waals surface area contributed by atoms with Crippen LogP contribution in [0.4, 0.5) is 0 Å². The molecule has 0 aliphatic carbocycles. The van der Waals surface area contributed by atoms with Gasteiger partial charge in [0.1, 0.15) is 0 Å². The number of benzene rings is 2. The maximum atomic E-state index is 13.0. The van der Waals surface area contributed by atoms with Gasteiger partial charge in [-0.3, -0.25) is 4.79 Å². The highest BCUT2D eigenvalue weighted by molar-refractivity contribution is 5.88. The second-order valence-corrected chi connectivity index (χ2v) is 7.13. The SMILES string of the molecule is CCCCc1c(CCCC)c2cc(-c3ccccc3)ccc2n(C)c1=O. The molecule has 2 heteroatoms. The standard InChI is InChI=1S/C24H29NO/c1-4-6-13-20-21(14-7-5-2)24(26)25(3)23-16-15-19(17-22(20)23)18-11-9-8-10-12-18/h8-12,15-17H,4-7,13-14H2,1-3H3. The van der Waals surface area contributed by atoms with E-state index in [9.17, 15) is 4.79 Å². The van der Waals surface area contributed by atoms with Crippen LogP contribution in [0.25, 0.3) is 22.0 Å². The fraction of sp³-hybridized carbons (Fsp3) is 0.375. The second kappa shape index (κ2) is 8.35. The Bertz CT molecular complexity index is 938. The molecule has 0 saturated carbocycles. The molecule has 2 nitrogen and oxygen atoms in total. The van der Waals surface area contributed by atoms with Crippen LogP contribution in [0.5, 0.6) is 0 Å². The van der Waals surface area contributed by atoms with Crippen molar-refractivity contribution in [3.63, 3.8) is 0 Å². The van der Waals surface area contributed by atoms with E-state index in [2.05, 4.69) is 56.3 Å². The van der Waals surface area contributed by atoms with Crippen LogP contribution in [-0.4, -0.2) is 4.57 Å². The number of pyridine rings is 1. The highest BCUT2D eigenvalue weighted by Crippen LogP contribution is 2.28. The summed E-state index contributed by atoms with van der Waals surface area (Å²) in [6, 6.07) is 17.0. The number of aromatic nitrogens is 1. The maximum Gasteiger partial charge on any atom is 0.254 e. The van der Waals surface area contributed by atoms with Crippen LogP contribution < -0.4 is 5.56 Å². The lowest BCUT2D eigenvalue weighted by Gasteiger charge is -2.17. The van der Waals surface area contributed by atoms with E-state index in [1.165, 1.54) is 22.1 Å². The van der Waals surface area contributed by atoms with E-state index in [1.807, 2.05) is 17.7 Å². The zero-order valence-corrected chi connectivity index (χ0v) is 16.2. The number of hydrogen-bond acceptors (Lipinski definition) is 1. The predicted molar refractivity (Wildman–Crippen MR) is 112 cm³/mol. The van der Waals surface area contributed by atoms with Crippen LogP contribution in [0.1, 0.15) is 50.7 Å². The van der Waals surface area contributed by atoms with Gasteiger partial charge in [0, 0.05) is 18.0 Å². The Labute approximate surface area is 156 Å². The number of nitrogens with zero attached hydrogens (tertiary/aromatic N) is 1. The summed E-state index contributed by atoms with van der Waals surface area (Å²) in [5, 5.41) is 1.24. The Morgan fingerprint density at radius 2 is 1.46 bits per heavy atom. The molecule has 0 N–H and O–H groups in total. The van der Waals surface area contributed by atoms with Gasteiger partial charge >= 0.3 is 0 Å². The number of rotatable bonds is 7. The normalized spacial score (nSPS) is 11.2. The fourth-order valence-corrected chi connectivity index (χ4v) is 3.73. The highest BCUT2D eigenvalue weighted by Gasteiger charge is 2.15. The van der Waals surface area contributed by atoms with E-state index in [0.717, 1.165) is 49.6 Å². The molecule has 3 aromatic rings. The summed E-state index contributed by atoms with van der Waals surface area (Å²) >= 11 is 0. The zero-order valence-electron chi connectivity index (χ0n) is 16.2. The van der Waals surface area contributed by atoms with Crippen LogP contribution in [0, 0.1) is 0 Å². The zero-order chi connectivity index (χ0) is 18.5. The summed E-state index contributed by atoms with van der Waals surface area (Å²) in [6.07, 6.45) is 6.31. The minimum Gasteiger partial charge on any atom is -0.311 e. The number of aryl methyl sites for hydroxylation is 2. The average Bonchev–Trinajstić information content (AvgIpc) is 2.69. The monoisotopic (exact) mass is 347 g/mol. The molecular formula is C24H29NO. The Morgan fingerprint density at radius 1 is 0.808 bits per heavy atom. The van der Waals surface area contributed by atoms with Crippen molar-refractivity contribution in [2.45, 2.75) is 52.4 Å². The molecule has 26 heavy (non-hydrogen) atoms. The molecule has 136 valence electrons. The van der Waals surface area contributed by atoms with Crippen molar-refractivity contribution in [3.05, 3.63) is 70.0 Å². The quantitative estimate of drug-likeness (QED) is 0.522. The first-order valence-corrected chi connectivity index (χ1v) is 9.87. The molecule has 0 bridgehead atoms. The molecule has 3 rings (SSSR count). The van der Waals surface area contributed by atoms with E-state index >= 15 is 0 Å². The summed E-state index contributed by atoms with van der Waals surface area (Å²) < 4.78 is 1.84. The van der Waals surface area contributed by atoms with Crippen molar-refractivity contribution in [2.75, 3.05) is 0 Å². The average molecular weight is 348 g/mol. The van der Waals surface area contributed by atoms with Crippen molar-refractivity contribution in [1.82, 2.24) is 4.57 Å². The summed E-state index contributed by atoms with van der Waals surface area (Å²) in [4.78, 5) is 13.0. The molecule has 0 spiro atoms. The predicted octanol–water partition coefficient (Wildman–Crippen LogP) is 5.89. The molecule has 0 aliphatic heterocycles. The number of unbranched alkanes of at least 4 members (excludes halogenated alkanes) is 2. The minimum atomic E-state index is 0.185. The minimum absolute atomic E-state index is 0.185. The summed E-state index contributed by atoms with van der Waals surface area (Å²) in [7, 11) is 1.91. The van der Waals surface area contributed by atoms with Crippen molar-refractivity contribution >= 4 is 10.9 Å². The van der Waals surface area contributed by atoms with E-state index in [1.54, 1.807) is 0 Å². The van der Waals surface area contributed by atoms with Gasteiger partial charge in [0.15, 0.2) is 0 Å². The Morgan fingerprint density at radius 3 is 2.12 bits per heavy atom. The van der Waals surface area contributed by atoms with Crippen molar-refractivity contribution < 1.29 is 0 Å². The van der Waals surface area contributed by atoms with E-state index < -0.39 is 0 Å². The maximum absolute atomic E-state index is 13.0. The van der Waals surface area contributed by atoms with Gasteiger partial charge in [-0.05, 0) is 54.5 Å². The van der Waals surface area contributed by atoms with Gasteiger partial charge in [0.2, 0.25) is 0 Å².